The normalized spacial score (nSPS) is 11.7. The summed E-state index contributed by atoms with van der Waals surface area (Å²) in [6.07, 6.45) is 2.99. The summed E-state index contributed by atoms with van der Waals surface area (Å²) in [4.78, 5) is 8.64. The van der Waals surface area contributed by atoms with Crippen LogP contribution in [-0.2, 0) is 12.8 Å². The molecule has 2 heterocycles. The fourth-order valence-electron chi connectivity index (χ4n) is 2.49. The molecule has 0 N–H and O–H groups in total. The minimum Gasteiger partial charge on any atom is -0.477 e. The minimum atomic E-state index is -0.204. The third-order valence-corrected chi connectivity index (χ3v) is 4.38. The Morgan fingerprint density at radius 3 is 2.73 bits per heavy atom. The molecule has 0 aliphatic heterocycles. The van der Waals surface area contributed by atoms with Crippen molar-refractivity contribution in [3.8, 4) is 23.4 Å². The molecule has 0 saturated carbocycles. The molecule has 6 heteroatoms. The van der Waals surface area contributed by atoms with Crippen LogP contribution < -0.4 is 4.74 Å². The van der Waals surface area contributed by atoms with Crippen molar-refractivity contribution < 1.29 is 9.15 Å². The summed E-state index contributed by atoms with van der Waals surface area (Å²) < 4.78 is 11.5. The van der Waals surface area contributed by atoms with Crippen molar-refractivity contribution in [2.24, 2.45) is 0 Å². The number of oxazole rings is 1. The van der Waals surface area contributed by atoms with Crippen LogP contribution in [-0.4, -0.2) is 21.4 Å². The molecule has 0 saturated heterocycles. The number of nitriles is 1. The number of benzene rings is 1. The van der Waals surface area contributed by atoms with Gasteiger partial charge in [0, 0.05) is 24.2 Å². The molecule has 1 unspecified atom stereocenters. The van der Waals surface area contributed by atoms with E-state index in [1.807, 2.05) is 49.4 Å². The molecular weight excluding hydrogens is 394 g/mol. The van der Waals surface area contributed by atoms with Crippen molar-refractivity contribution in [3.05, 3.63) is 65.7 Å². The Labute approximate surface area is 160 Å². The van der Waals surface area contributed by atoms with E-state index in [2.05, 4.69) is 32.0 Å². The fraction of sp³-hybridized carbons (Fsp3) is 0.250. The molecule has 5 nitrogen and oxygen atoms in total. The van der Waals surface area contributed by atoms with Crippen molar-refractivity contribution in [3.63, 3.8) is 0 Å². The quantitative estimate of drug-likeness (QED) is 0.535. The fourth-order valence-corrected chi connectivity index (χ4v) is 2.86. The number of rotatable bonds is 7. The summed E-state index contributed by atoms with van der Waals surface area (Å²) in [7, 11) is 0. The first-order valence-electron chi connectivity index (χ1n) is 8.29. The summed E-state index contributed by atoms with van der Waals surface area (Å²) in [5, 5.41) is 8.82. The lowest BCUT2D eigenvalue weighted by Gasteiger charge is -2.06. The monoisotopic (exact) mass is 411 g/mol. The lowest BCUT2D eigenvalue weighted by molar-refractivity contribution is 0.307. The zero-order chi connectivity index (χ0) is 18.4. The molecule has 0 radical (unpaired) electrons. The number of aromatic nitrogens is 2. The molecule has 3 aromatic rings. The van der Waals surface area contributed by atoms with E-state index in [-0.39, 0.29) is 4.83 Å². The number of alkyl halides is 1. The maximum absolute atomic E-state index is 8.82. The number of aryl methyl sites for hydroxylation is 1. The standard InChI is InChI=1S/C20H18BrN3O2/c1-14-18(24-20(26-14)16-5-3-2-4-6-16)9-10-25-19-8-7-15(13-23-19)11-17(21)12-22/h2-8,13,17H,9-11H2,1H3. The van der Waals surface area contributed by atoms with Gasteiger partial charge < -0.3 is 9.15 Å². The number of hydrogen-bond donors (Lipinski definition) is 0. The molecule has 0 fully saturated rings. The molecule has 1 atom stereocenters. The van der Waals surface area contributed by atoms with E-state index in [4.69, 9.17) is 14.4 Å². The van der Waals surface area contributed by atoms with Gasteiger partial charge in [-0.15, -0.1) is 0 Å². The lowest BCUT2D eigenvalue weighted by atomic mass is 10.2. The molecule has 2 aromatic heterocycles. The molecule has 26 heavy (non-hydrogen) atoms. The number of ether oxygens (including phenoxy) is 1. The largest absolute Gasteiger partial charge is 0.477 e. The van der Waals surface area contributed by atoms with Crippen LogP contribution in [0.3, 0.4) is 0 Å². The highest BCUT2D eigenvalue weighted by Crippen LogP contribution is 2.21. The van der Waals surface area contributed by atoms with E-state index in [0.29, 0.717) is 31.2 Å². The summed E-state index contributed by atoms with van der Waals surface area (Å²) in [5.41, 5.74) is 2.83. The highest BCUT2D eigenvalue weighted by atomic mass is 79.9. The zero-order valence-electron chi connectivity index (χ0n) is 14.4. The summed E-state index contributed by atoms with van der Waals surface area (Å²) in [6, 6.07) is 15.7. The van der Waals surface area contributed by atoms with Gasteiger partial charge in [0.2, 0.25) is 11.8 Å². The van der Waals surface area contributed by atoms with Gasteiger partial charge in [-0.05, 0) is 31.0 Å². The lowest BCUT2D eigenvalue weighted by Crippen LogP contribution is -2.05. The maximum Gasteiger partial charge on any atom is 0.226 e. The van der Waals surface area contributed by atoms with Crippen LogP contribution in [0, 0.1) is 18.3 Å². The molecule has 132 valence electrons. The van der Waals surface area contributed by atoms with Crippen LogP contribution in [0.1, 0.15) is 17.0 Å². The van der Waals surface area contributed by atoms with E-state index < -0.39 is 0 Å². The van der Waals surface area contributed by atoms with Crippen molar-refractivity contribution in [1.29, 1.82) is 5.26 Å². The Morgan fingerprint density at radius 1 is 1.23 bits per heavy atom. The zero-order valence-corrected chi connectivity index (χ0v) is 15.9. The smallest absolute Gasteiger partial charge is 0.226 e. The van der Waals surface area contributed by atoms with Crippen LogP contribution in [0.25, 0.3) is 11.5 Å². The van der Waals surface area contributed by atoms with Gasteiger partial charge in [0.05, 0.1) is 18.4 Å². The average Bonchev–Trinajstić information content (AvgIpc) is 3.04. The van der Waals surface area contributed by atoms with Crippen molar-refractivity contribution in [1.82, 2.24) is 9.97 Å². The molecular formula is C20H18BrN3O2. The summed E-state index contributed by atoms with van der Waals surface area (Å²) in [6.45, 7) is 2.38. The molecule has 1 aromatic carbocycles. The summed E-state index contributed by atoms with van der Waals surface area (Å²) >= 11 is 3.29. The van der Waals surface area contributed by atoms with Gasteiger partial charge in [-0.25, -0.2) is 9.97 Å². The Balaban J connectivity index is 1.55. The third-order valence-electron chi connectivity index (χ3n) is 3.85. The first-order valence-corrected chi connectivity index (χ1v) is 9.20. The SMILES string of the molecule is Cc1oc(-c2ccccc2)nc1CCOc1ccc(CC(Br)C#N)cn1. The number of nitrogens with zero attached hydrogens (tertiary/aromatic N) is 3. The molecule has 0 bridgehead atoms. The first-order chi connectivity index (χ1) is 12.7. The van der Waals surface area contributed by atoms with Gasteiger partial charge in [-0.1, -0.05) is 40.2 Å². The van der Waals surface area contributed by atoms with Crippen LogP contribution >= 0.6 is 15.9 Å². The minimum absolute atomic E-state index is 0.204. The Bertz CT molecular complexity index is 886. The first kappa shape index (κ1) is 18.2. The van der Waals surface area contributed by atoms with Crippen LogP contribution in [0.4, 0.5) is 0 Å². The van der Waals surface area contributed by atoms with E-state index in [1.165, 1.54) is 0 Å². The Hall–Kier alpha value is -2.65. The van der Waals surface area contributed by atoms with Gasteiger partial charge in [0.15, 0.2) is 0 Å². The third kappa shape index (κ3) is 4.70. The van der Waals surface area contributed by atoms with E-state index >= 15 is 0 Å². The van der Waals surface area contributed by atoms with E-state index in [0.717, 1.165) is 22.6 Å². The number of hydrogen-bond acceptors (Lipinski definition) is 5. The van der Waals surface area contributed by atoms with Crippen molar-refractivity contribution in [2.45, 2.75) is 24.6 Å². The Morgan fingerprint density at radius 2 is 2.04 bits per heavy atom. The predicted octanol–water partition coefficient (Wildman–Crippen LogP) is 4.50. The number of halogens is 1. The molecule has 0 aliphatic carbocycles. The predicted molar refractivity (Wildman–Crippen MR) is 102 cm³/mol. The van der Waals surface area contributed by atoms with Gasteiger partial charge in [0.1, 0.15) is 10.6 Å². The molecule has 0 spiro atoms. The molecule has 3 rings (SSSR count). The van der Waals surface area contributed by atoms with Crippen LogP contribution in [0.15, 0.2) is 53.1 Å². The van der Waals surface area contributed by atoms with E-state index in [1.54, 1.807) is 6.20 Å². The average molecular weight is 412 g/mol. The van der Waals surface area contributed by atoms with Crippen molar-refractivity contribution in [2.75, 3.05) is 6.61 Å². The maximum atomic E-state index is 8.82. The van der Waals surface area contributed by atoms with Gasteiger partial charge in [0.25, 0.3) is 0 Å². The molecule has 0 aliphatic rings. The van der Waals surface area contributed by atoms with Crippen LogP contribution in [0.5, 0.6) is 5.88 Å². The second-order valence-electron chi connectivity index (χ2n) is 5.79. The highest BCUT2D eigenvalue weighted by Gasteiger charge is 2.11. The Kier molecular flexibility index (Phi) is 6.03. The van der Waals surface area contributed by atoms with E-state index in [9.17, 15) is 0 Å². The highest BCUT2D eigenvalue weighted by molar-refractivity contribution is 9.09. The van der Waals surface area contributed by atoms with Gasteiger partial charge in [-0.2, -0.15) is 5.26 Å². The second-order valence-corrected chi connectivity index (χ2v) is 6.90. The molecule has 0 amide bonds. The summed E-state index contributed by atoms with van der Waals surface area (Å²) in [5.74, 6) is 1.99. The topological polar surface area (TPSA) is 71.9 Å². The van der Waals surface area contributed by atoms with Crippen LogP contribution in [0.2, 0.25) is 0 Å². The van der Waals surface area contributed by atoms with Crippen molar-refractivity contribution >= 4 is 15.9 Å². The van der Waals surface area contributed by atoms with Gasteiger partial charge >= 0.3 is 0 Å². The second kappa shape index (κ2) is 8.63. The number of pyridine rings is 1. The van der Waals surface area contributed by atoms with Gasteiger partial charge in [-0.3, -0.25) is 0 Å².